The summed E-state index contributed by atoms with van der Waals surface area (Å²) in [6.07, 6.45) is 0. The molecule has 258 valence electrons. The maximum Gasteiger partial charge on any atom is 0.145 e. The van der Waals surface area contributed by atoms with Crippen molar-refractivity contribution in [2.24, 2.45) is 0 Å². The highest BCUT2D eigenvalue weighted by Crippen LogP contribution is 2.46. The van der Waals surface area contributed by atoms with Crippen LogP contribution in [0, 0.1) is 22.7 Å². The minimum absolute atomic E-state index is 0.319. The van der Waals surface area contributed by atoms with Crippen LogP contribution in [-0.4, -0.2) is 13.7 Å². The van der Waals surface area contributed by atoms with Crippen molar-refractivity contribution in [2.75, 3.05) is 0 Å². The summed E-state index contributed by atoms with van der Waals surface area (Å²) in [5.74, 6) is 0. The van der Waals surface area contributed by atoms with Gasteiger partial charge in [0.25, 0.3) is 0 Å². The molecule has 0 aliphatic rings. The first-order valence-electron chi connectivity index (χ1n) is 18.6. The fourth-order valence-corrected chi connectivity index (χ4v) is 9.21. The first kappa shape index (κ1) is 30.4. The average Bonchev–Trinajstić information content (AvgIpc) is 4.00. The van der Waals surface area contributed by atoms with Crippen LogP contribution in [0.25, 0.3) is 104 Å². The second-order valence-corrected chi connectivity index (χ2v) is 14.3. The van der Waals surface area contributed by atoms with Gasteiger partial charge in [0.1, 0.15) is 23.3 Å². The van der Waals surface area contributed by atoms with E-state index in [-0.39, 0.29) is 0 Å². The third-order valence-electron chi connectivity index (χ3n) is 11.5. The molecule has 0 aliphatic heterocycles. The summed E-state index contributed by atoms with van der Waals surface area (Å²) in [4.78, 5) is 0. The number of benzene rings is 8. The van der Waals surface area contributed by atoms with Crippen LogP contribution in [0.3, 0.4) is 0 Å². The van der Waals surface area contributed by atoms with Gasteiger partial charge in [0.05, 0.1) is 66.4 Å². The Kier molecular flexibility index (Phi) is 6.10. The summed E-state index contributed by atoms with van der Waals surface area (Å²) in [6.45, 7) is 0. The minimum atomic E-state index is 0.319. The highest BCUT2D eigenvalue weighted by atomic mass is 16.3. The van der Waals surface area contributed by atoms with Crippen molar-refractivity contribution in [3.8, 4) is 29.2 Å². The lowest BCUT2D eigenvalue weighted by atomic mass is 10.1. The van der Waals surface area contributed by atoms with Gasteiger partial charge in [-0.3, -0.25) is 0 Å². The molecule has 12 aromatic rings. The second kappa shape index (κ2) is 11.2. The lowest BCUT2D eigenvalue weighted by Gasteiger charge is -2.18. The summed E-state index contributed by atoms with van der Waals surface area (Å²) in [5.41, 5.74) is 11.1. The van der Waals surface area contributed by atoms with E-state index in [0.29, 0.717) is 11.1 Å². The summed E-state index contributed by atoms with van der Waals surface area (Å²) < 4.78 is 13.9. The van der Waals surface area contributed by atoms with Crippen molar-refractivity contribution >= 4 is 87.4 Å². The summed E-state index contributed by atoms with van der Waals surface area (Å²) >= 11 is 0. The Bertz CT molecular complexity index is 3680. The number of hydrogen-bond donors (Lipinski definition) is 0. The molecule has 6 heteroatoms. The van der Waals surface area contributed by atoms with Gasteiger partial charge in [0.15, 0.2) is 0 Å². The maximum absolute atomic E-state index is 10.4. The number of furan rings is 1. The third-order valence-corrected chi connectivity index (χ3v) is 11.5. The van der Waals surface area contributed by atoms with Crippen LogP contribution in [0.4, 0.5) is 0 Å². The zero-order chi connectivity index (χ0) is 37.1. The van der Waals surface area contributed by atoms with Gasteiger partial charge in [-0.15, -0.1) is 0 Å². The van der Waals surface area contributed by atoms with E-state index in [4.69, 9.17) is 4.42 Å². The Morgan fingerprint density at radius 2 is 0.750 bits per heavy atom. The molecule has 4 heterocycles. The number of para-hydroxylation sites is 5. The van der Waals surface area contributed by atoms with Gasteiger partial charge in [-0.05, 0) is 72.8 Å². The number of rotatable bonds is 3. The lowest BCUT2D eigenvalue weighted by molar-refractivity contribution is 0.677. The molecule has 0 unspecified atom stereocenters. The van der Waals surface area contributed by atoms with Crippen LogP contribution in [0.1, 0.15) is 11.1 Å². The van der Waals surface area contributed by atoms with Crippen molar-refractivity contribution in [2.45, 2.75) is 0 Å². The van der Waals surface area contributed by atoms with Gasteiger partial charge >= 0.3 is 0 Å². The molecule has 8 aromatic carbocycles. The van der Waals surface area contributed by atoms with Crippen LogP contribution < -0.4 is 0 Å². The molecular formula is C50H27N5O. The molecule has 0 radical (unpaired) electrons. The maximum atomic E-state index is 10.4. The van der Waals surface area contributed by atoms with Gasteiger partial charge in [-0.1, -0.05) is 91.0 Å². The number of nitriles is 2. The van der Waals surface area contributed by atoms with Gasteiger partial charge in [0.2, 0.25) is 0 Å². The van der Waals surface area contributed by atoms with Crippen LogP contribution >= 0.6 is 0 Å². The van der Waals surface area contributed by atoms with E-state index in [1.54, 1.807) is 0 Å². The zero-order valence-electron chi connectivity index (χ0n) is 29.7. The predicted molar refractivity (Wildman–Crippen MR) is 226 cm³/mol. The smallest absolute Gasteiger partial charge is 0.145 e. The van der Waals surface area contributed by atoms with E-state index in [2.05, 4.69) is 153 Å². The van der Waals surface area contributed by atoms with E-state index < -0.39 is 0 Å². The van der Waals surface area contributed by atoms with E-state index in [0.717, 1.165) is 104 Å². The fourth-order valence-electron chi connectivity index (χ4n) is 9.21. The van der Waals surface area contributed by atoms with Crippen molar-refractivity contribution in [3.05, 3.63) is 175 Å². The zero-order valence-corrected chi connectivity index (χ0v) is 29.7. The first-order chi connectivity index (χ1) is 27.7. The second-order valence-electron chi connectivity index (χ2n) is 14.3. The molecular weight excluding hydrogens is 687 g/mol. The van der Waals surface area contributed by atoms with E-state index in [9.17, 15) is 10.5 Å². The lowest BCUT2D eigenvalue weighted by Crippen LogP contribution is -2.05. The van der Waals surface area contributed by atoms with Crippen LogP contribution in [-0.2, 0) is 0 Å². The Morgan fingerprint density at radius 1 is 0.357 bits per heavy atom. The molecule has 0 bridgehead atoms. The standard InChI is InChI=1S/C50H27N5O/c51-28-30-26-45(54-39-18-8-4-14-33(39)34-15-5-9-19-40(34)54)46(27-31(30)29-52)55-42-21-11-7-17-38(42)48-44(55)25-23-36-35-22-24-43-47(49(35)56-50(36)48)37-16-6-10-20-41(37)53(43)32-12-2-1-3-13-32/h1-27H. The van der Waals surface area contributed by atoms with Gasteiger partial charge in [-0.2, -0.15) is 10.5 Å². The molecule has 0 atom stereocenters. The topological polar surface area (TPSA) is 75.5 Å². The van der Waals surface area contributed by atoms with Crippen molar-refractivity contribution in [1.29, 1.82) is 10.5 Å². The predicted octanol–water partition coefficient (Wildman–Crippen LogP) is 12.6. The van der Waals surface area contributed by atoms with Gasteiger partial charge < -0.3 is 18.1 Å². The van der Waals surface area contributed by atoms with Crippen molar-refractivity contribution < 1.29 is 4.42 Å². The largest absolute Gasteiger partial charge is 0.455 e. The van der Waals surface area contributed by atoms with E-state index >= 15 is 0 Å². The number of nitrogens with zero attached hydrogens (tertiary/aromatic N) is 5. The number of fused-ring (bicyclic) bond motifs is 14. The Balaban J connectivity index is 1.22. The minimum Gasteiger partial charge on any atom is -0.455 e. The molecule has 0 N–H and O–H groups in total. The highest BCUT2D eigenvalue weighted by molar-refractivity contribution is 6.29. The van der Waals surface area contributed by atoms with E-state index in [1.807, 2.05) is 36.4 Å². The Morgan fingerprint density at radius 3 is 1.25 bits per heavy atom. The monoisotopic (exact) mass is 713 g/mol. The number of hydrogen-bond acceptors (Lipinski definition) is 3. The molecule has 0 saturated carbocycles. The Hall–Kier alpha value is -8.06. The molecule has 4 aromatic heterocycles. The van der Waals surface area contributed by atoms with E-state index in [1.165, 1.54) is 0 Å². The fraction of sp³-hybridized carbons (Fsp3) is 0. The SMILES string of the molecule is N#Cc1cc(-n2c3ccccc3c3ccccc32)c(-n2c3ccccc3c3c4oc5c(ccc6c5c5ccccc5n6-c5ccccc5)c4ccc32)cc1C#N. The normalized spacial score (nSPS) is 11.9. The molecule has 0 aliphatic carbocycles. The van der Waals surface area contributed by atoms with Gasteiger partial charge in [0, 0.05) is 38.0 Å². The molecule has 6 nitrogen and oxygen atoms in total. The molecule has 0 fully saturated rings. The van der Waals surface area contributed by atoms with Gasteiger partial charge in [-0.25, -0.2) is 0 Å². The molecule has 0 saturated heterocycles. The molecule has 0 spiro atoms. The molecule has 0 amide bonds. The van der Waals surface area contributed by atoms with Crippen LogP contribution in [0.15, 0.2) is 168 Å². The summed E-state index contributed by atoms with van der Waals surface area (Å²) in [5, 5.41) is 29.3. The molecule has 12 rings (SSSR count). The highest BCUT2D eigenvalue weighted by Gasteiger charge is 2.25. The summed E-state index contributed by atoms with van der Waals surface area (Å²) in [7, 11) is 0. The first-order valence-corrected chi connectivity index (χ1v) is 18.6. The molecule has 56 heavy (non-hydrogen) atoms. The summed E-state index contributed by atoms with van der Waals surface area (Å²) in [6, 6.07) is 61.2. The van der Waals surface area contributed by atoms with Crippen LogP contribution in [0.5, 0.6) is 0 Å². The number of aromatic nitrogens is 3. The third kappa shape index (κ3) is 3.92. The quantitative estimate of drug-likeness (QED) is 0.183. The van der Waals surface area contributed by atoms with Crippen molar-refractivity contribution in [3.63, 3.8) is 0 Å². The van der Waals surface area contributed by atoms with Crippen LogP contribution in [0.2, 0.25) is 0 Å². The average molecular weight is 714 g/mol. The Labute approximate surface area is 319 Å². The van der Waals surface area contributed by atoms with Crippen molar-refractivity contribution in [1.82, 2.24) is 13.7 Å².